The smallest absolute Gasteiger partial charge is 0.254 e. The van der Waals surface area contributed by atoms with Crippen LogP contribution >= 0.6 is 11.8 Å². The number of morpholine rings is 1. The molecule has 3 aromatic rings. The number of rotatable bonds is 7. The lowest BCUT2D eigenvalue weighted by Crippen LogP contribution is -2.46. The van der Waals surface area contributed by atoms with E-state index in [1.165, 1.54) is 11.8 Å². The quantitative estimate of drug-likeness (QED) is 0.292. The summed E-state index contributed by atoms with van der Waals surface area (Å²) in [6, 6.07) is 8.02. The Morgan fingerprint density at radius 2 is 1.80 bits per heavy atom. The lowest BCUT2D eigenvalue weighted by atomic mass is 9.81. The monoisotopic (exact) mass is 647 g/mol. The van der Waals surface area contributed by atoms with Crippen molar-refractivity contribution in [3.05, 3.63) is 63.2 Å². The summed E-state index contributed by atoms with van der Waals surface area (Å²) in [4.78, 5) is 37.4. The number of fused-ring (bicyclic) bond motifs is 1. The minimum Gasteiger partial charge on any atom is -0.448 e. The number of nitrogens with one attached hydrogen (secondary N) is 2. The standard InChI is InChI=1S/C35H45N5O5S/c1-19-13-29(46-6)28(34(42)39-19)16-38-33(41)26-14-27(23-7-12-30(37-15-23)40-17-20(2)43-21(3)18-40)32-31(22(26)4)44-35(5,45-32)24-8-10-25(36)11-9-24/h7,12-15,20-21,24-25H,8-11,16-18,36H2,1-6H3,(H,38,41)(H,39,42)/t20-,21+,24-,25-,35?. The zero-order valence-electron chi connectivity index (χ0n) is 27.6. The van der Waals surface area contributed by atoms with Gasteiger partial charge in [0, 0.05) is 83.1 Å². The van der Waals surface area contributed by atoms with Crippen LogP contribution in [0.4, 0.5) is 5.82 Å². The number of nitrogens with zero attached hydrogens (tertiary/aromatic N) is 2. The molecule has 3 atom stereocenters. The zero-order chi connectivity index (χ0) is 32.7. The minimum absolute atomic E-state index is 0.0977. The number of carbonyl (C=O) groups is 1. The van der Waals surface area contributed by atoms with Gasteiger partial charge in [-0.1, -0.05) is 0 Å². The van der Waals surface area contributed by atoms with Crippen molar-refractivity contribution >= 4 is 23.5 Å². The molecule has 1 aliphatic carbocycles. The highest BCUT2D eigenvalue weighted by molar-refractivity contribution is 7.98. The van der Waals surface area contributed by atoms with Gasteiger partial charge in [0.05, 0.1) is 12.2 Å². The average molecular weight is 648 g/mol. The van der Waals surface area contributed by atoms with Crippen molar-refractivity contribution in [2.45, 2.75) is 95.8 Å². The molecule has 3 aliphatic rings. The minimum atomic E-state index is -0.882. The third-order valence-electron chi connectivity index (χ3n) is 9.53. The van der Waals surface area contributed by atoms with E-state index >= 15 is 0 Å². The van der Waals surface area contributed by atoms with Crippen LogP contribution in [0.3, 0.4) is 0 Å². The normalized spacial score (nSPS) is 25.8. The number of nitrogens with two attached hydrogens (primary N) is 1. The Kier molecular flexibility index (Phi) is 9.11. The van der Waals surface area contributed by atoms with Crippen LogP contribution in [0.25, 0.3) is 11.1 Å². The van der Waals surface area contributed by atoms with E-state index in [1.807, 2.05) is 57.5 Å². The second-order valence-electron chi connectivity index (χ2n) is 13.2. The molecule has 4 heterocycles. The first-order chi connectivity index (χ1) is 22.0. The third kappa shape index (κ3) is 6.37. The molecule has 0 spiro atoms. The molecule has 2 aromatic heterocycles. The molecular weight excluding hydrogens is 602 g/mol. The Hall–Kier alpha value is -3.54. The van der Waals surface area contributed by atoms with E-state index in [1.54, 1.807) is 0 Å². The summed E-state index contributed by atoms with van der Waals surface area (Å²) in [5.74, 6) is 1.05. The summed E-state index contributed by atoms with van der Waals surface area (Å²) in [7, 11) is 0. The number of thioether (sulfide) groups is 1. The topological polar surface area (TPSA) is 132 Å². The Morgan fingerprint density at radius 1 is 1.11 bits per heavy atom. The molecule has 1 aromatic carbocycles. The van der Waals surface area contributed by atoms with E-state index < -0.39 is 5.79 Å². The fourth-order valence-corrected chi connectivity index (χ4v) is 7.75. The highest BCUT2D eigenvalue weighted by Gasteiger charge is 2.47. The number of carbonyl (C=O) groups excluding carboxylic acids is 1. The van der Waals surface area contributed by atoms with Gasteiger partial charge in [-0.25, -0.2) is 4.98 Å². The summed E-state index contributed by atoms with van der Waals surface area (Å²) in [5.41, 5.74) is 10.0. The van der Waals surface area contributed by atoms with Gasteiger partial charge in [0.15, 0.2) is 11.5 Å². The number of aromatic amines is 1. The van der Waals surface area contributed by atoms with Gasteiger partial charge in [-0.3, -0.25) is 9.59 Å². The molecule has 1 unspecified atom stereocenters. The van der Waals surface area contributed by atoms with E-state index in [2.05, 4.69) is 29.0 Å². The molecule has 6 rings (SSSR count). The molecule has 10 nitrogen and oxygen atoms in total. The molecule has 2 aliphatic heterocycles. The van der Waals surface area contributed by atoms with E-state index in [-0.39, 0.29) is 42.2 Å². The molecule has 2 fully saturated rings. The van der Waals surface area contributed by atoms with Crippen molar-refractivity contribution in [1.82, 2.24) is 15.3 Å². The van der Waals surface area contributed by atoms with Gasteiger partial charge < -0.3 is 35.1 Å². The summed E-state index contributed by atoms with van der Waals surface area (Å²) in [6.07, 6.45) is 7.64. The molecule has 246 valence electrons. The molecule has 11 heteroatoms. The van der Waals surface area contributed by atoms with Crippen LogP contribution in [0.2, 0.25) is 0 Å². The van der Waals surface area contributed by atoms with Crippen LogP contribution in [0, 0.1) is 19.8 Å². The lowest BCUT2D eigenvalue weighted by molar-refractivity contribution is -0.120. The molecule has 1 amide bonds. The summed E-state index contributed by atoms with van der Waals surface area (Å²) in [5, 5.41) is 2.99. The van der Waals surface area contributed by atoms with E-state index in [4.69, 9.17) is 24.9 Å². The number of aryl methyl sites for hydroxylation is 1. The van der Waals surface area contributed by atoms with E-state index in [0.29, 0.717) is 28.2 Å². The third-order valence-corrected chi connectivity index (χ3v) is 10.3. The van der Waals surface area contributed by atoms with Crippen molar-refractivity contribution in [3.8, 4) is 22.6 Å². The Balaban J connectivity index is 1.35. The number of benzene rings is 1. The number of aromatic nitrogens is 2. The first kappa shape index (κ1) is 32.4. The largest absolute Gasteiger partial charge is 0.448 e. The van der Waals surface area contributed by atoms with Crippen molar-refractivity contribution in [3.63, 3.8) is 0 Å². The van der Waals surface area contributed by atoms with Gasteiger partial charge in [-0.2, -0.15) is 0 Å². The van der Waals surface area contributed by atoms with Crippen LogP contribution in [0.15, 0.2) is 40.2 Å². The summed E-state index contributed by atoms with van der Waals surface area (Å²) in [6.45, 7) is 11.5. The summed E-state index contributed by atoms with van der Waals surface area (Å²) < 4.78 is 19.3. The van der Waals surface area contributed by atoms with Gasteiger partial charge >= 0.3 is 0 Å². The number of H-pyrrole nitrogens is 1. The highest BCUT2D eigenvalue weighted by Crippen LogP contribution is 2.52. The number of pyridine rings is 2. The van der Waals surface area contributed by atoms with Crippen molar-refractivity contribution in [2.75, 3.05) is 24.2 Å². The number of hydrogen-bond acceptors (Lipinski definition) is 9. The molecular formula is C35H45N5O5S. The van der Waals surface area contributed by atoms with E-state index in [9.17, 15) is 9.59 Å². The van der Waals surface area contributed by atoms with Crippen LogP contribution in [0.1, 0.15) is 73.6 Å². The first-order valence-corrected chi connectivity index (χ1v) is 17.4. The fraction of sp³-hybridized carbons (Fsp3) is 0.514. The SMILES string of the molecule is CSc1cc(C)[nH]c(=O)c1CNC(=O)c1cc(-c2ccc(N3C[C@@H](C)O[C@@H](C)C3)nc2)c2c(c1C)OC(C)([C@H]1CC[C@H](N)CC1)O2. The van der Waals surface area contributed by atoms with Gasteiger partial charge in [-0.05, 0) is 83.9 Å². The fourth-order valence-electron chi connectivity index (χ4n) is 7.04. The Morgan fingerprint density at radius 3 is 2.46 bits per heavy atom. The van der Waals surface area contributed by atoms with Crippen molar-refractivity contribution < 1.29 is 19.0 Å². The maximum atomic E-state index is 13.8. The van der Waals surface area contributed by atoms with Gasteiger partial charge in [0.1, 0.15) is 5.82 Å². The highest BCUT2D eigenvalue weighted by atomic mass is 32.2. The van der Waals surface area contributed by atoms with Gasteiger partial charge in [0.25, 0.3) is 17.3 Å². The molecule has 0 bridgehead atoms. The number of anilines is 1. The molecule has 1 saturated carbocycles. The molecule has 4 N–H and O–H groups in total. The van der Waals surface area contributed by atoms with Crippen molar-refractivity contribution in [2.24, 2.45) is 11.7 Å². The predicted octanol–water partition coefficient (Wildman–Crippen LogP) is 5.32. The van der Waals surface area contributed by atoms with Crippen LogP contribution in [-0.2, 0) is 11.3 Å². The maximum absolute atomic E-state index is 13.8. The molecule has 1 saturated heterocycles. The zero-order valence-corrected chi connectivity index (χ0v) is 28.4. The van der Waals surface area contributed by atoms with Gasteiger partial charge in [0.2, 0.25) is 0 Å². The second kappa shape index (κ2) is 12.9. The number of ether oxygens (including phenoxy) is 3. The van der Waals surface area contributed by atoms with Gasteiger partial charge in [-0.15, -0.1) is 11.8 Å². The Bertz CT molecular complexity index is 1660. The van der Waals surface area contributed by atoms with Crippen molar-refractivity contribution in [1.29, 1.82) is 0 Å². The average Bonchev–Trinajstić information content (AvgIpc) is 3.39. The van der Waals surface area contributed by atoms with Crippen LogP contribution in [-0.4, -0.2) is 59.3 Å². The van der Waals surface area contributed by atoms with E-state index in [0.717, 1.165) is 66.3 Å². The second-order valence-corrected chi connectivity index (χ2v) is 14.0. The number of hydrogen-bond donors (Lipinski definition) is 3. The van der Waals surface area contributed by atoms with Crippen LogP contribution < -0.4 is 31.0 Å². The predicted molar refractivity (Wildman–Crippen MR) is 181 cm³/mol. The number of amides is 1. The van der Waals surface area contributed by atoms with Crippen LogP contribution in [0.5, 0.6) is 11.5 Å². The Labute approximate surface area is 274 Å². The molecule has 46 heavy (non-hydrogen) atoms. The molecule has 0 radical (unpaired) electrons. The lowest BCUT2D eigenvalue weighted by Gasteiger charge is -2.36. The summed E-state index contributed by atoms with van der Waals surface area (Å²) >= 11 is 1.48. The maximum Gasteiger partial charge on any atom is 0.254 e. The first-order valence-electron chi connectivity index (χ1n) is 16.2.